The second-order valence-electron chi connectivity index (χ2n) is 5.83. The van der Waals surface area contributed by atoms with Crippen molar-refractivity contribution in [3.63, 3.8) is 0 Å². The van der Waals surface area contributed by atoms with Crippen LogP contribution >= 0.6 is 11.8 Å². The van der Waals surface area contributed by atoms with E-state index < -0.39 is 0 Å². The Morgan fingerprint density at radius 2 is 1.71 bits per heavy atom. The lowest BCUT2D eigenvalue weighted by atomic mass is 10.2. The summed E-state index contributed by atoms with van der Waals surface area (Å²) in [5, 5.41) is 5.81. The largest absolute Gasteiger partial charge is 0.343 e. The molecular weight excluding hydrogens is 286 g/mol. The average molecular weight is 313 g/mol. The summed E-state index contributed by atoms with van der Waals surface area (Å²) < 4.78 is 0. The van der Waals surface area contributed by atoms with Crippen LogP contribution in [0.2, 0.25) is 0 Å². The molecule has 6 heteroatoms. The number of thioether (sulfide) groups is 1. The first-order chi connectivity index (χ1) is 10.3. The van der Waals surface area contributed by atoms with Gasteiger partial charge in [0.1, 0.15) is 0 Å². The summed E-state index contributed by atoms with van der Waals surface area (Å²) in [5.74, 6) is 2.42. The minimum Gasteiger partial charge on any atom is -0.343 e. The zero-order chi connectivity index (χ0) is 14.9. The lowest BCUT2D eigenvalue weighted by Crippen LogP contribution is -2.44. The Morgan fingerprint density at radius 3 is 2.38 bits per heavy atom. The van der Waals surface area contributed by atoms with E-state index in [0.717, 1.165) is 50.3 Å². The monoisotopic (exact) mass is 313 g/mol. The number of amides is 3. The van der Waals surface area contributed by atoms with Gasteiger partial charge in [0.2, 0.25) is 5.91 Å². The van der Waals surface area contributed by atoms with Crippen LogP contribution < -0.4 is 10.6 Å². The Hall–Kier alpha value is -0.910. The molecule has 0 aromatic heterocycles. The number of nitrogens with zero attached hydrogens (tertiary/aromatic N) is 1. The first-order valence-electron chi connectivity index (χ1n) is 8.15. The fourth-order valence-corrected chi connectivity index (χ4v) is 3.95. The van der Waals surface area contributed by atoms with Crippen LogP contribution in [0.5, 0.6) is 0 Å². The van der Waals surface area contributed by atoms with Gasteiger partial charge in [0, 0.05) is 32.1 Å². The third kappa shape index (κ3) is 6.16. The van der Waals surface area contributed by atoms with Gasteiger partial charge >= 0.3 is 6.03 Å². The van der Waals surface area contributed by atoms with E-state index in [1.54, 1.807) is 0 Å². The zero-order valence-electron chi connectivity index (χ0n) is 12.7. The first-order valence-corrected chi connectivity index (χ1v) is 9.31. The smallest absolute Gasteiger partial charge is 0.315 e. The number of hydrogen-bond acceptors (Lipinski definition) is 3. The molecule has 2 N–H and O–H groups in total. The summed E-state index contributed by atoms with van der Waals surface area (Å²) >= 11 is 1.94. The molecule has 2 fully saturated rings. The van der Waals surface area contributed by atoms with Gasteiger partial charge in [-0.25, -0.2) is 4.79 Å². The molecule has 2 aliphatic rings. The third-order valence-electron chi connectivity index (χ3n) is 4.14. The van der Waals surface area contributed by atoms with Crippen molar-refractivity contribution in [1.29, 1.82) is 0 Å². The molecule has 2 aliphatic heterocycles. The molecule has 0 radical (unpaired) electrons. The van der Waals surface area contributed by atoms with E-state index in [2.05, 4.69) is 10.6 Å². The summed E-state index contributed by atoms with van der Waals surface area (Å²) in [5.41, 5.74) is 0. The number of likely N-dealkylation sites (tertiary alicyclic amines) is 1. The molecule has 120 valence electrons. The number of nitrogens with one attached hydrogen (secondary N) is 2. The number of carbonyl (C=O) groups is 2. The summed E-state index contributed by atoms with van der Waals surface area (Å²) in [6.07, 6.45) is 7.18. The van der Waals surface area contributed by atoms with Crippen molar-refractivity contribution in [2.24, 2.45) is 0 Å². The van der Waals surface area contributed by atoms with E-state index in [1.165, 1.54) is 12.8 Å². The van der Waals surface area contributed by atoms with Crippen LogP contribution in [0.15, 0.2) is 0 Å². The van der Waals surface area contributed by atoms with Crippen LogP contribution in [-0.4, -0.2) is 54.0 Å². The van der Waals surface area contributed by atoms with Gasteiger partial charge in [-0.05, 0) is 37.2 Å². The van der Waals surface area contributed by atoms with Crippen molar-refractivity contribution in [2.45, 2.75) is 51.0 Å². The van der Waals surface area contributed by atoms with Crippen molar-refractivity contribution in [2.75, 3.05) is 31.1 Å². The van der Waals surface area contributed by atoms with Crippen molar-refractivity contribution < 1.29 is 9.59 Å². The Balaban J connectivity index is 1.59. The van der Waals surface area contributed by atoms with Crippen LogP contribution in [0.1, 0.15) is 44.9 Å². The van der Waals surface area contributed by atoms with E-state index >= 15 is 0 Å². The Kier molecular flexibility index (Phi) is 7.19. The maximum absolute atomic E-state index is 12.1. The SMILES string of the molecule is O=C(NCCC(=O)N1CCCCCC1)NC1CCSCC1. The highest BCUT2D eigenvalue weighted by atomic mass is 32.2. The fraction of sp³-hybridized carbons (Fsp3) is 0.867. The lowest BCUT2D eigenvalue weighted by Gasteiger charge is -2.23. The molecule has 2 heterocycles. The predicted octanol–water partition coefficient (Wildman–Crippen LogP) is 1.97. The van der Waals surface area contributed by atoms with Crippen LogP contribution in [0.4, 0.5) is 4.79 Å². The van der Waals surface area contributed by atoms with Gasteiger partial charge in [0.05, 0.1) is 0 Å². The molecular formula is C15H27N3O2S. The molecule has 3 amide bonds. The van der Waals surface area contributed by atoms with Gasteiger partial charge in [-0.2, -0.15) is 11.8 Å². The quantitative estimate of drug-likeness (QED) is 0.834. The normalized spacial score (nSPS) is 20.7. The number of rotatable bonds is 4. The van der Waals surface area contributed by atoms with Gasteiger partial charge in [-0.1, -0.05) is 12.8 Å². The van der Waals surface area contributed by atoms with Crippen LogP contribution in [0.25, 0.3) is 0 Å². The number of urea groups is 1. The maximum atomic E-state index is 12.1. The van der Waals surface area contributed by atoms with Crippen molar-refractivity contribution in [3.05, 3.63) is 0 Å². The number of carbonyl (C=O) groups excluding carboxylic acids is 2. The van der Waals surface area contributed by atoms with E-state index in [0.29, 0.717) is 19.0 Å². The minimum atomic E-state index is -0.129. The fourth-order valence-electron chi connectivity index (χ4n) is 2.84. The second-order valence-corrected chi connectivity index (χ2v) is 7.06. The molecule has 0 bridgehead atoms. The van der Waals surface area contributed by atoms with Crippen LogP contribution in [0, 0.1) is 0 Å². The summed E-state index contributed by atoms with van der Waals surface area (Å²) in [7, 11) is 0. The maximum Gasteiger partial charge on any atom is 0.315 e. The molecule has 2 saturated heterocycles. The Bertz CT molecular complexity index is 338. The molecule has 21 heavy (non-hydrogen) atoms. The summed E-state index contributed by atoms with van der Waals surface area (Å²) in [6, 6.07) is 0.170. The molecule has 0 aliphatic carbocycles. The Labute approximate surface area is 131 Å². The van der Waals surface area contributed by atoms with Crippen molar-refractivity contribution in [3.8, 4) is 0 Å². The molecule has 0 aromatic rings. The standard InChI is InChI=1S/C15H27N3O2S/c19-14(18-9-3-1-2-4-10-18)5-8-16-15(20)17-13-6-11-21-12-7-13/h13H,1-12H2,(H2,16,17,20). The van der Waals surface area contributed by atoms with Crippen molar-refractivity contribution in [1.82, 2.24) is 15.5 Å². The molecule has 0 aromatic carbocycles. The highest BCUT2D eigenvalue weighted by molar-refractivity contribution is 7.99. The lowest BCUT2D eigenvalue weighted by molar-refractivity contribution is -0.131. The predicted molar refractivity (Wildman–Crippen MR) is 86.5 cm³/mol. The van der Waals surface area contributed by atoms with E-state index in [1.807, 2.05) is 16.7 Å². The van der Waals surface area contributed by atoms with E-state index in [-0.39, 0.29) is 11.9 Å². The van der Waals surface area contributed by atoms with Gasteiger partial charge < -0.3 is 15.5 Å². The van der Waals surface area contributed by atoms with Crippen LogP contribution in [-0.2, 0) is 4.79 Å². The van der Waals surface area contributed by atoms with Gasteiger partial charge in [-0.3, -0.25) is 4.79 Å². The number of hydrogen-bond donors (Lipinski definition) is 2. The topological polar surface area (TPSA) is 61.4 Å². The molecule has 2 rings (SSSR count). The van der Waals surface area contributed by atoms with Gasteiger partial charge in [0.15, 0.2) is 0 Å². The molecule has 0 atom stereocenters. The van der Waals surface area contributed by atoms with Crippen molar-refractivity contribution >= 4 is 23.7 Å². The molecule has 0 saturated carbocycles. The summed E-state index contributed by atoms with van der Waals surface area (Å²) in [4.78, 5) is 25.8. The average Bonchev–Trinajstić information content (AvgIpc) is 2.77. The van der Waals surface area contributed by atoms with E-state index in [9.17, 15) is 9.59 Å². The highest BCUT2D eigenvalue weighted by Crippen LogP contribution is 2.16. The summed E-state index contributed by atoms with van der Waals surface area (Å²) in [6.45, 7) is 2.19. The van der Waals surface area contributed by atoms with Crippen LogP contribution in [0.3, 0.4) is 0 Å². The van der Waals surface area contributed by atoms with Gasteiger partial charge in [0.25, 0.3) is 0 Å². The molecule has 0 unspecified atom stereocenters. The Morgan fingerprint density at radius 1 is 1.05 bits per heavy atom. The van der Waals surface area contributed by atoms with E-state index in [4.69, 9.17) is 0 Å². The third-order valence-corrected chi connectivity index (χ3v) is 5.19. The second kappa shape index (κ2) is 9.18. The molecule has 5 nitrogen and oxygen atoms in total. The highest BCUT2D eigenvalue weighted by Gasteiger charge is 2.17. The zero-order valence-corrected chi connectivity index (χ0v) is 13.6. The molecule has 0 spiro atoms. The first kappa shape index (κ1) is 16.5. The minimum absolute atomic E-state index is 0.129. The van der Waals surface area contributed by atoms with Gasteiger partial charge in [-0.15, -0.1) is 0 Å².